The molecule has 5 rings (SSSR count). The largest absolute Gasteiger partial charge is 0.333 e. The zero-order valence-electron chi connectivity index (χ0n) is 16.6. The van der Waals surface area contributed by atoms with Gasteiger partial charge in [-0.1, -0.05) is 42.5 Å². The summed E-state index contributed by atoms with van der Waals surface area (Å²) in [6.45, 7) is 0.518. The van der Waals surface area contributed by atoms with Crippen LogP contribution in [-0.4, -0.2) is 9.97 Å². The van der Waals surface area contributed by atoms with Crippen molar-refractivity contribution in [2.45, 2.75) is 6.54 Å². The van der Waals surface area contributed by atoms with Gasteiger partial charge in [0.25, 0.3) is 0 Å². The molecule has 0 aliphatic rings. The number of pyridine rings is 1. The number of hydrogen-bond donors (Lipinski definition) is 1. The number of imidazole rings is 1. The Labute approximate surface area is 180 Å². The van der Waals surface area contributed by atoms with Crippen LogP contribution in [0.5, 0.6) is 0 Å². The number of rotatable bonds is 4. The minimum atomic E-state index is -0.950. The quantitative estimate of drug-likeness (QED) is 0.282. The van der Waals surface area contributed by atoms with Crippen molar-refractivity contribution in [1.29, 1.82) is 0 Å². The molecule has 5 aromatic rings. The molecular formula is C25H16F4N3+. The van der Waals surface area contributed by atoms with Gasteiger partial charge in [-0.15, -0.1) is 0 Å². The van der Waals surface area contributed by atoms with Crippen LogP contribution in [0.2, 0.25) is 0 Å². The zero-order valence-corrected chi connectivity index (χ0v) is 16.6. The monoisotopic (exact) mass is 434 g/mol. The molecule has 3 aromatic carbocycles. The van der Waals surface area contributed by atoms with Gasteiger partial charge in [-0.05, 0) is 23.8 Å². The first-order valence-electron chi connectivity index (χ1n) is 9.86. The second-order valence-corrected chi connectivity index (χ2v) is 7.40. The van der Waals surface area contributed by atoms with Crippen molar-refractivity contribution >= 4 is 11.0 Å². The van der Waals surface area contributed by atoms with Crippen molar-refractivity contribution in [3.63, 3.8) is 0 Å². The lowest BCUT2D eigenvalue weighted by atomic mass is 10.0. The molecule has 1 N–H and O–H groups in total. The van der Waals surface area contributed by atoms with Crippen LogP contribution in [0.15, 0.2) is 79.1 Å². The summed E-state index contributed by atoms with van der Waals surface area (Å²) in [6.07, 6.45) is 3.65. The van der Waals surface area contributed by atoms with Crippen LogP contribution in [-0.2, 0) is 6.54 Å². The lowest BCUT2D eigenvalue weighted by Crippen LogP contribution is -2.33. The fourth-order valence-electron chi connectivity index (χ4n) is 3.64. The molecule has 0 saturated heterocycles. The van der Waals surface area contributed by atoms with Crippen molar-refractivity contribution in [3.05, 3.63) is 108 Å². The van der Waals surface area contributed by atoms with Crippen molar-refractivity contribution in [2.75, 3.05) is 0 Å². The summed E-state index contributed by atoms with van der Waals surface area (Å²) >= 11 is 0. The summed E-state index contributed by atoms with van der Waals surface area (Å²) in [6, 6.07) is 17.0. The van der Waals surface area contributed by atoms with E-state index in [4.69, 9.17) is 0 Å². The molecule has 32 heavy (non-hydrogen) atoms. The Balaban J connectivity index is 1.41. The molecule has 0 aliphatic carbocycles. The highest BCUT2D eigenvalue weighted by molar-refractivity contribution is 5.77. The van der Waals surface area contributed by atoms with Crippen LogP contribution in [0.4, 0.5) is 17.6 Å². The number of H-pyrrole nitrogens is 1. The smallest absolute Gasteiger partial charge is 0.195 e. The summed E-state index contributed by atoms with van der Waals surface area (Å²) in [5.41, 5.74) is 3.10. The number of aromatic amines is 1. The molecule has 3 nitrogen and oxygen atoms in total. The van der Waals surface area contributed by atoms with Gasteiger partial charge in [0.05, 0.1) is 5.56 Å². The van der Waals surface area contributed by atoms with E-state index in [-0.39, 0.29) is 17.0 Å². The average Bonchev–Trinajstić information content (AvgIpc) is 3.21. The van der Waals surface area contributed by atoms with E-state index < -0.39 is 23.3 Å². The van der Waals surface area contributed by atoms with Crippen LogP contribution < -0.4 is 4.57 Å². The molecule has 7 heteroatoms. The third kappa shape index (κ3) is 3.62. The van der Waals surface area contributed by atoms with E-state index in [1.807, 2.05) is 29.1 Å². The Hall–Kier alpha value is -4.00. The van der Waals surface area contributed by atoms with E-state index in [1.54, 1.807) is 18.2 Å². The minimum absolute atomic E-state index is 0.0629. The third-order valence-corrected chi connectivity index (χ3v) is 5.27. The predicted molar refractivity (Wildman–Crippen MR) is 113 cm³/mol. The third-order valence-electron chi connectivity index (χ3n) is 5.27. The maximum absolute atomic E-state index is 14.1. The van der Waals surface area contributed by atoms with E-state index in [2.05, 4.69) is 9.97 Å². The lowest BCUT2D eigenvalue weighted by Gasteiger charge is -2.05. The molecule has 0 saturated carbocycles. The van der Waals surface area contributed by atoms with E-state index >= 15 is 0 Å². The summed E-state index contributed by atoms with van der Waals surface area (Å²) in [4.78, 5) is 7.38. The molecule has 158 valence electrons. The maximum atomic E-state index is 14.1. The van der Waals surface area contributed by atoms with Gasteiger partial charge in [-0.25, -0.2) is 22.5 Å². The lowest BCUT2D eigenvalue weighted by molar-refractivity contribution is -0.687. The summed E-state index contributed by atoms with van der Waals surface area (Å²) in [5.74, 6) is -3.39. The molecule has 0 radical (unpaired) electrons. The van der Waals surface area contributed by atoms with Gasteiger partial charge in [-0.2, -0.15) is 4.57 Å². The summed E-state index contributed by atoms with van der Waals surface area (Å²) in [5, 5.41) is 0. The number of aromatic nitrogens is 3. The Morgan fingerprint density at radius 2 is 1.41 bits per heavy atom. The van der Waals surface area contributed by atoms with Crippen molar-refractivity contribution in [1.82, 2.24) is 9.97 Å². The van der Waals surface area contributed by atoms with Crippen LogP contribution in [0, 0.1) is 23.3 Å². The number of benzene rings is 3. The van der Waals surface area contributed by atoms with Gasteiger partial charge in [0.2, 0.25) is 0 Å². The topological polar surface area (TPSA) is 32.6 Å². The van der Waals surface area contributed by atoms with Crippen molar-refractivity contribution in [3.8, 4) is 22.5 Å². The van der Waals surface area contributed by atoms with Crippen LogP contribution in [0.1, 0.15) is 5.56 Å². The first kappa shape index (κ1) is 19.9. The molecule has 2 aromatic heterocycles. The van der Waals surface area contributed by atoms with Crippen LogP contribution in [0.3, 0.4) is 0 Å². The molecule has 0 bridgehead atoms. The van der Waals surface area contributed by atoms with E-state index in [0.29, 0.717) is 23.1 Å². The Bertz CT molecular complexity index is 1440. The van der Waals surface area contributed by atoms with E-state index in [0.717, 1.165) is 17.7 Å². The number of halogens is 4. The normalized spacial score (nSPS) is 11.2. The highest BCUT2D eigenvalue weighted by atomic mass is 19.2. The highest BCUT2D eigenvalue weighted by Gasteiger charge is 2.15. The maximum Gasteiger partial charge on any atom is 0.195 e. The van der Waals surface area contributed by atoms with E-state index in [1.165, 1.54) is 24.3 Å². The molecular weight excluding hydrogens is 418 g/mol. The van der Waals surface area contributed by atoms with Crippen molar-refractivity contribution in [2.24, 2.45) is 0 Å². The summed E-state index contributed by atoms with van der Waals surface area (Å²) in [7, 11) is 0. The minimum Gasteiger partial charge on any atom is -0.333 e. The SMILES string of the molecule is Fc1cccc(-c2ccc(C[n+]3ccc4nc(-c5cccc(F)c5F)[nH]c4c3)cc2)c1F. The van der Waals surface area contributed by atoms with E-state index in [9.17, 15) is 17.6 Å². The fraction of sp³-hybridized carbons (Fsp3) is 0.0400. The number of nitrogens with zero attached hydrogens (tertiary/aromatic N) is 2. The van der Waals surface area contributed by atoms with Gasteiger partial charge in [-0.3, -0.25) is 0 Å². The molecule has 0 unspecified atom stereocenters. The van der Waals surface area contributed by atoms with Gasteiger partial charge in [0, 0.05) is 17.2 Å². The molecule has 0 atom stereocenters. The fourth-order valence-corrected chi connectivity index (χ4v) is 3.64. The molecule has 0 aliphatic heterocycles. The predicted octanol–water partition coefficient (Wildman–Crippen LogP) is 5.79. The number of hydrogen-bond acceptors (Lipinski definition) is 1. The van der Waals surface area contributed by atoms with Gasteiger partial charge < -0.3 is 4.98 Å². The molecule has 0 spiro atoms. The Kier molecular flexibility index (Phi) is 4.93. The van der Waals surface area contributed by atoms with Crippen LogP contribution in [0.25, 0.3) is 33.5 Å². The Morgan fingerprint density at radius 1 is 0.750 bits per heavy atom. The second kappa shape index (κ2) is 7.92. The number of fused-ring (bicyclic) bond motifs is 1. The average molecular weight is 434 g/mol. The number of nitrogens with one attached hydrogen (secondary N) is 1. The summed E-state index contributed by atoms with van der Waals surface area (Å²) < 4.78 is 57.1. The standard InChI is InChI=1S/C25H15F4N3/c26-19-5-1-3-17(23(19)28)16-9-7-15(8-10-16)13-32-12-11-21-22(14-32)31-25(30-21)18-4-2-6-20(27)24(18)29/h1-12,14H,13H2/p+1. The van der Waals surface area contributed by atoms with Crippen molar-refractivity contribution < 1.29 is 22.1 Å². The first-order chi connectivity index (χ1) is 15.5. The Morgan fingerprint density at radius 3 is 2.12 bits per heavy atom. The van der Waals surface area contributed by atoms with Gasteiger partial charge in [0.1, 0.15) is 16.9 Å². The molecule has 0 fully saturated rings. The second-order valence-electron chi connectivity index (χ2n) is 7.40. The van der Waals surface area contributed by atoms with Crippen LogP contribution >= 0.6 is 0 Å². The molecule has 2 heterocycles. The van der Waals surface area contributed by atoms with Gasteiger partial charge >= 0.3 is 0 Å². The first-order valence-corrected chi connectivity index (χ1v) is 9.86. The molecule has 0 amide bonds. The zero-order chi connectivity index (χ0) is 22.2. The van der Waals surface area contributed by atoms with Gasteiger partial charge in [0.15, 0.2) is 42.2 Å². The highest BCUT2D eigenvalue weighted by Crippen LogP contribution is 2.25.